The predicted molar refractivity (Wildman–Crippen MR) is 120 cm³/mol. The average Bonchev–Trinajstić information content (AvgIpc) is 3.43. The molecule has 3 aliphatic rings. The summed E-state index contributed by atoms with van der Waals surface area (Å²) in [6.45, 7) is 0.658. The number of ether oxygens (including phenoxy) is 7. The maximum atomic E-state index is 12.0. The Balaban J connectivity index is 1.57. The van der Waals surface area contributed by atoms with E-state index < -0.39 is 5.63 Å². The van der Waals surface area contributed by atoms with Crippen LogP contribution in [0, 0.1) is 5.92 Å². The van der Waals surface area contributed by atoms with E-state index in [0.29, 0.717) is 52.1 Å². The molecule has 0 amide bonds. The third-order valence-corrected chi connectivity index (χ3v) is 7.04. The molecule has 9 heteroatoms. The van der Waals surface area contributed by atoms with Gasteiger partial charge in [0, 0.05) is 48.1 Å². The smallest absolute Gasteiger partial charge is 0.336 e. The molecular weight excluding hydrogens is 444 g/mol. The summed E-state index contributed by atoms with van der Waals surface area (Å²) in [6.07, 6.45) is -0.179. The Morgan fingerprint density at radius 3 is 2.41 bits per heavy atom. The highest BCUT2D eigenvalue weighted by atomic mass is 16.7. The van der Waals surface area contributed by atoms with Crippen molar-refractivity contribution in [3.8, 4) is 34.5 Å². The lowest BCUT2D eigenvalue weighted by molar-refractivity contribution is -0.0264. The second-order valence-corrected chi connectivity index (χ2v) is 8.51. The topological polar surface area (TPSA) is 94.8 Å². The highest BCUT2D eigenvalue weighted by molar-refractivity contribution is 5.94. The van der Waals surface area contributed by atoms with Crippen LogP contribution in [0.15, 0.2) is 33.5 Å². The lowest BCUT2D eigenvalue weighted by Gasteiger charge is -2.47. The summed E-state index contributed by atoms with van der Waals surface area (Å²) in [4.78, 5) is 12.0. The van der Waals surface area contributed by atoms with Gasteiger partial charge in [-0.3, -0.25) is 0 Å². The molecule has 1 aliphatic carbocycles. The average molecular weight is 468 g/mol. The van der Waals surface area contributed by atoms with Crippen LogP contribution in [0.5, 0.6) is 34.5 Å². The molecule has 2 aliphatic heterocycles. The first-order valence-electron chi connectivity index (χ1n) is 11.0. The molecule has 0 bridgehead atoms. The van der Waals surface area contributed by atoms with Crippen LogP contribution in [0.4, 0.5) is 0 Å². The Morgan fingerprint density at radius 1 is 0.941 bits per heavy atom. The Bertz CT molecular complexity index is 1340. The van der Waals surface area contributed by atoms with Gasteiger partial charge in [0.15, 0.2) is 22.8 Å². The van der Waals surface area contributed by atoms with Gasteiger partial charge in [0.2, 0.25) is 12.5 Å². The van der Waals surface area contributed by atoms with Gasteiger partial charge < -0.3 is 37.6 Å². The van der Waals surface area contributed by atoms with Crippen LogP contribution < -0.4 is 34.0 Å². The molecule has 1 fully saturated rings. The molecule has 4 unspecified atom stereocenters. The molecule has 9 nitrogen and oxygen atoms in total. The molecule has 0 spiro atoms. The van der Waals surface area contributed by atoms with Crippen molar-refractivity contribution in [3.05, 3.63) is 45.8 Å². The molecule has 34 heavy (non-hydrogen) atoms. The maximum Gasteiger partial charge on any atom is 0.336 e. The molecule has 1 aromatic heterocycles. The van der Waals surface area contributed by atoms with Gasteiger partial charge in [0.05, 0.1) is 33.3 Å². The van der Waals surface area contributed by atoms with Crippen LogP contribution in [0.1, 0.15) is 23.0 Å². The van der Waals surface area contributed by atoms with Gasteiger partial charge >= 0.3 is 5.63 Å². The Kier molecular flexibility index (Phi) is 4.77. The van der Waals surface area contributed by atoms with Gasteiger partial charge in [-0.15, -0.1) is 0 Å². The second-order valence-electron chi connectivity index (χ2n) is 8.51. The number of rotatable bonds is 6. The van der Waals surface area contributed by atoms with E-state index in [1.807, 2.05) is 12.1 Å². The van der Waals surface area contributed by atoms with Crippen LogP contribution in [-0.2, 0) is 4.74 Å². The minimum Gasteiger partial charge on any atom is -0.496 e. The standard InChI is InChI=1S/C25H24O9/c1-27-9-13-18(12-7-15-16(32-10-31-15)8-14(12)28-2)19-20-21(29-3)11-5-6-17(26)33-23(11)25(30-4)24(20)34-22(13)19/h5-8,13,18-19,22H,9-10H2,1-4H3. The minimum absolute atomic E-state index is 0.0116. The molecule has 3 aromatic rings. The van der Waals surface area contributed by atoms with Crippen LogP contribution in [0.2, 0.25) is 0 Å². The van der Waals surface area contributed by atoms with Gasteiger partial charge in [0.1, 0.15) is 17.6 Å². The second kappa shape index (κ2) is 7.73. The molecule has 2 aromatic carbocycles. The number of hydrogen-bond acceptors (Lipinski definition) is 9. The third-order valence-electron chi connectivity index (χ3n) is 7.04. The summed E-state index contributed by atoms with van der Waals surface area (Å²) < 4.78 is 46.0. The fraction of sp³-hybridized carbons (Fsp3) is 0.400. The van der Waals surface area contributed by atoms with E-state index in [1.54, 1.807) is 27.4 Å². The summed E-state index contributed by atoms with van der Waals surface area (Å²) >= 11 is 0. The molecule has 178 valence electrons. The lowest BCUT2D eigenvalue weighted by atomic mass is 9.58. The van der Waals surface area contributed by atoms with E-state index >= 15 is 0 Å². The largest absolute Gasteiger partial charge is 0.496 e. The van der Waals surface area contributed by atoms with Crippen molar-refractivity contribution in [1.82, 2.24) is 0 Å². The zero-order valence-corrected chi connectivity index (χ0v) is 19.2. The van der Waals surface area contributed by atoms with Gasteiger partial charge in [-0.2, -0.15) is 0 Å². The van der Waals surface area contributed by atoms with Crippen molar-refractivity contribution in [2.45, 2.75) is 17.9 Å². The van der Waals surface area contributed by atoms with Crippen molar-refractivity contribution in [3.63, 3.8) is 0 Å². The minimum atomic E-state index is -0.478. The monoisotopic (exact) mass is 468 g/mol. The summed E-state index contributed by atoms with van der Waals surface area (Å²) in [5, 5.41) is 0.647. The number of benzene rings is 2. The van der Waals surface area contributed by atoms with Crippen LogP contribution in [-0.4, -0.2) is 47.9 Å². The van der Waals surface area contributed by atoms with Gasteiger partial charge in [-0.1, -0.05) is 0 Å². The molecule has 0 saturated heterocycles. The predicted octanol–water partition coefficient (Wildman–Crippen LogP) is 3.45. The quantitative estimate of drug-likeness (QED) is 0.504. The summed E-state index contributed by atoms with van der Waals surface area (Å²) in [6, 6.07) is 6.90. The van der Waals surface area contributed by atoms with E-state index in [1.165, 1.54) is 13.2 Å². The molecule has 0 N–H and O–H groups in total. The highest BCUT2D eigenvalue weighted by Crippen LogP contribution is 2.67. The molecule has 3 heterocycles. The zero-order valence-electron chi connectivity index (χ0n) is 19.2. The van der Waals surface area contributed by atoms with Gasteiger partial charge in [-0.05, 0) is 12.1 Å². The van der Waals surface area contributed by atoms with E-state index in [-0.39, 0.29) is 30.7 Å². The Labute approximate surface area is 195 Å². The Hall–Kier alpha value is -3.59. The SMILES string of the molecule is COCC1C2Oc3c(c(OC)c4ccc(=O)oc4c3OC)C2C1c1cc2c(cc1OC)OCO2. The number of fused-ring (bicyclic) bond motifs is 5. The van der Waals surface area contributed by atoms with E-state index in [9.17, 15) is 4.79 Å². The molecular formula is C25H24O9. The molecule has 4 atom stereocenters. The zero-order chi connectivity index (χ0) is 23.6. The molecule has 1 saturated carbocycles. The highest BCUT2D eigenvalue weighted by Gasteiger charge is 2.60. The van der Waals surface area contributed by atoms with Crippen LogP contribution >= 0.6 is 0 Å². The number of methoxy groups -OCH3 is 4. The number of hydrogen-bond donors (Lipinski definition) is 0. The van der Waals surface area contributed by atoms with Gasteiger partial charge in [0.25, 0.3) is 0 Å². The van der Waals surface area contributed by atoms with E-state index in [2.05, 4.69) is 0 Å². The Morgan fingerprint density at radius 2 is 1.71 bits per heavy atom. The third kappa shape index (κ3) is 2.73. The van der Waals surface area contributed by atoms with Gasteiger partial charge in [-0.25, -0.2) is 4.79 Å². The molecule has 0 radical (unpaired) electrons. The van der Waals surface area contributed by atoms with E-state index in [4.69, 9.17) is 37.6 Å². The van der Waals surface area contributed by atoms with Crippen molar-refractivity contribution >= 4 is 11.0 Å². The molecule has 6 rings (SSSR count). The first kappa shape index (κ1) is 21.0. The first-order valence-corrected chi connectivity index (χ1v) is 11.0. The van der Waals surface area contributed by atoms with Crippen molar-refractivity contribution in [2.75, 3.05) is 41.8 Å². The summed E-state index contributed by atoms with van der Waals surface area (Å²) in [5.41, 5.74) is 1.68. The van der Waals surface area contributed by atoms with Crippen molar-refractivity contribution in [2.24, 2.45) is 5.92 Å². The fourth-order valence-electron chi connectivity index (χ4n) is 5.69. The van der Waals surface area contributed by atoms with Crippen LogP contribution in [0.25, 0.3) is 11.0 Å². The summed E-state index contributed by atoms with van der Waals surface area (Å²) in [5.74, 6) is 3.50. The van der Waals surface area contributed by atoms with Crippen LogP contribution in [0.3, 0.4) is 0 Å². The normalized spacial score (nSPS) is 23.6. The fourth-order valence-corrected chi connectivity index (χ4v) is 5.69. The lowest BCUT2D eigenvalue weighted by Crippen LogP contribution is -2.50. The van der Waals surface area contributed by atoms with E-state index in [0.717, 1.165) is 11.1 Å². The summed E-state index contributed by atoms with van der Waals surface area (Å²) in [7, 11) is 6.44. The maximum absolute atomic E-state index is 12.0. The first-order chi connectivity index (χ1) is 16.6. The van der Waals surface area contributed by atoms with Crippen molar-refractivity contribution in [1.29, 1.82) is 0 Å². The van der Waals surface area contributed by atoms with Crippen molar-refractivity contribution < 1.29 is 37.6 Å².